The van der Waals surface area contributed by atoms with Gasteiger partial charge in [0.2, 0.25) is 5.83 Å². The smallest absolute Gasteiger partial charge is 0.450 e. The van der Waals surface area contributed by atoms with E-state index in [0.29, 0.717) is 0 Å². The van der Waals surface area contributed by atoms with Gasteiger partial charge < -0.3 is 9.84 Å². The van der Waals surface area contributed by atoms with E-state index in [-0.39, 0.29) is 0 Å². The number of alkyl halides is 4. The van der Waals surface area contributed by atoms with Crippen molar-refractivity contribution in [3.63, 3.8) is 0 Å². The molecular formula is C6HF7O4. The van der Waals surface area contributed by atoms with E-state index in [0.717, 1.165) is 0 Å². The fraction of sp³-hybridized carbons (Fsp3) is 0.333. The standard InChI is InChI=1S/C6HF7O4/c7-1(3(8)9)2(14)5(10,11)6(12,13)17-4(15)16/h(H,15,16). The number of Topliss-reactive ketones (excluding diaryl/α,β-unsaturated/α-hetero) is 1. The summed E-state index contributed by atoms with van der Waals surface area (Å²) >= 11 is 0. The third-order valence-corrected chi connectivity index (χ3v) is 1.23. The average Bonchev–Trinajstić information content (AvgIpc) is 2.12. The first-order valence-electron chi connectivity index (χ1n) is 3.36. The van der Waals surface area contributed by atoms with Gasteiger partial charge in [-0.05, 0) is 0 Å². The second kappa shape index (κ2) is 4.59. The molecule has 98 valence electrons. The van der Waals surface area contributed by atoms with Crippen LogP contribution in [0.25, 0.3) is 0 Å². The van der Waals surface area contributed by atoms with Crippen LogP contribution in [0.15, 0.2) is 11.9 Å². The summed E-state index contributed by atoms with van der Waals surface area (Å²) in [6, 6.07) is 0. The van der Waals surface area contributed by atoms with Crippen molar-refractivity contribution >= 4 is 11.9 Å². The summed E-state index contributed by atoms with van der Waals surface area (Å²) in [5.74, 6) is -13.1. The Morgan fingerprint density at radius 3 is 1.71 bits per heavy atom. The van der Waals surface area contributed by atoms with Gasteiger partial charge in [-0.1, -0.05) is 0 Å². The number of allylic oxidation sites excluding steroid dienone is 1. The Kier molecular flexibility index (Phi) is 4.10. The van der Waals surface area contributed by atoms with E-state index < -0.39 is 35.9 Å². The first kappa shape index (κ1) is 15.2. The van der Waals surface area contributed by atoms with Crippen LogP contribution in [0.1, 0.15) is 0 Å². The summed E-state index contributed by atoms with van der Waals surface area (Å²) in [4.78, 5) is 19.8. The lowest BCUT2D eigenvalue weighted by atomic mass is 10.2. The minimum absolute atomic E-state index is 2.33. The molecule has 0 bridgehead atoms. The lowest BCUT2D eigenvalue weighted by Crippen LogP contribution is -2.50. The first-order valence-corrected chi connectivity index (χ1v) is 3.36. The maximum Gasteiger partial charge on any atom is 0.510 e. The fourth-order valence-corrected chi connectivity index (χ4v) is 0.530. The Balaban J connectivity index is 5.34. The predicted octanol–water partition coefficient (Wildman–Crippen LogP) is 2.56. The third-order valence-electron chi connectivity index (χ3n) is 1.23. The average molecular weight is 270 g/mol. The normalized spacial score (nSPS) is 11.9. The second-order valence-electron chi connectivity index (χ2n) is 2.36. The van der Waals surface area contributed by atoms with Crippen molar-refractivity contribution in [1.82, 2.24) is 0 Å². The van der Waals surface area contributed by atoms with Gasteiger partial charge in [-0.3, -0.25) is 4.79 Å². The zero-order valence-corrected chi connectivity index (χ0v) is 7.32. The van der Waals surface area contributed by atoms with E-state index in [1.165, 1.54) is 0 Å². The van der Waals surface area contributed by atoms with E-state index in [1.807, 2.05) is 0 Å². The van der Waals surface area contributed by atoms with Crippen molar-refractivity contribution in [3.05, 3.63) is 11.9 Å². The molecular weight excluding hydrogens is 269 g/mol. The Morgan fingerprint density at radius 1 is 1.00 bits per heavy atom. The molecule has 0 aromatic carbocycles. The van der Waals surface area contributed by atoms with Gasteiger partial charge in [0.25, 0.3) is 5.78 Å². The first-order chi connectivity index (χ1) is 7.43. The number of hydrogen-bond donors (Lipinski definition) is 1. The molecule has 0 rings (SSSR count). The van der Waals surface area contributed by atoms with Crippen LogP contribution >= 0.6 is 0 Å². The zero-order valence-electron chi connectivity index (χ0n) is 7.32. The van der Waals surface area contributed by atoms with Gasteiger partial charge in [-0.2, -0.15) is 30.7 Å². The largest absolute Gasteiger partial charge is 0.510 e. The molecule has 0 unspecified atom stereocenters. The molecule has 0 aliphatic carbocycles. The molecule has 0 fully saturated rings. The molecule has 0 spiro atoms. The fourth-order valence-electron chi connectivity index (χ4n) is 0.530. The summed E-state index contributed by atoms with van der Waals surface area (Å²) in [6.45, 7) is 0. The molecule has 4 nitrogen and oxygen atoms in total. The van der Waals surface area contributed by atoms with Gasteiger partial charge in [0.1, 0.15) is 0 Å². The highest BCUT2D eigenvalue weighted by Crippen LogP contribution is 2.38. The number of ether oxygens (including phenoxy) is 1. The van der Waals surface area contributed by atoms with Crippen LogP contribution in [-0.4, -0.2) is 29.1 Å². The SMILES string of the molecule is O=C(O)OC(F)(F)C(F)(F)C(=O)C(F)=C(F)F. The molecule has 0 saturated carbocycles. The van der Waals surface area contributed by atoms with Gasteiger partial charge in [-0.25, -0.2) is 4.79 Å². The van der Waals surface area contributed by atoms with Crippen molar-refractivity contribution < 1.29 is 50.2 Å². The molecule has 11 heteroatoms. The molecule has 0 aromatic rings. The highest BCUT2D eigenvalue weighted by Gasteiger charge is 2.67. The monoisotopic (exact) mass is 270 g/mol. The van der Waals surface area contributed by atoms with Crippen LogP contribution in [0, 0.1) is 0 Å². The summed E-state index contributed by atoms with van der Waals surface area (Å²) in [6.07, 6.45) is -12.4. The number of carbonyl (C=O) groups is 2. The number of rotatable bonds is 4. The van der Waals surface area contributed by atoms with Crippen LogP contribution in [0.3, 0.4) is 0 Å². The molecule has 0 aliphatic rings. The van der Waals surface area contributed by atoms with Crippen LogP contribution < -0.4 is 0 Å². The maximum absolute atomic E-state index is 12.5. The zero-order chi connectivity index (χ0) is 14.0. The number of hydrogen-bond acceptors (Lipinski definition) is 3. The minimum atomic E-state index is -6.10. The predicted molar refractivity (Wildman–Crippen MR) is 34.4 cm³/mol. The van der Waals surface area contributed by atoms with Crippen molar-refractivity contribution in [1.29, 1.82) is 0 Å². The summed E-state index contributed by atoms with van der Waals surface area (Å²) in [5.41, 5.74) is 0. The van der Waals surface area contributed by atoms with Gasteiger partial charge >= 0.3 is 24.3 Å². The molecule has 0 heterocycles. The lowest BCUT2D eigenvalue weighted by Gasteiger charge is -2.22. The quantitative estimate of drug-likeness (QED) is 0.484. The molecule has 0 radical (unpaired) electrons. The van der Waals surface area contributed by atoms with Crippen molar-refractivity contribution in [3.8, 4) is 0 Å². The summed E-state index contributed by atoms with van der Waals surface area (Å²) < 4.78 is 86.8. The van der Waals surface area contributed by atoms with Crippen LogP contribution in [-0.2, 0) is 9.53 Å². The second-order valence-corrected chi connectivity index (χ2v) is 2.36. The van der Waals surface area contributed by atoms with Gasteiger partial charge in [0.15, 0.2) is 0 Å². The lowest BCUT2D eigenvalue weighted by molar-refractivity contribution is -0.310. The Hall–Kier alpha value is -1.81. The molecule has 1 N–H and O–H groups in total. The van der Waals surface area contributed by atoms with Crippen LogP contribution in [0.4, 0.5) is 35.5 Å². The molecule has 0 aromatic heterocycles. The molecule has 0 saturated heterocycles. The van der Waals surface area contributed by atoms with Crippen LogP contribution in [0.2, 0.25) is 0 Å². The third kappa shape index (κ3) is 3.07. The summed E-state index contributed by atoms with van der Waals surface area (Å²) in [5, 5.41) is 7.64. The van der Waals surface area contributed by atoms with E-state index in [2.05, 4.69) is 4.74 Å². The Bertz CT molecular complexity index is 371. The molecule has 0 amide bonds. The molecule has 0 aliphatic heterocycles. The van der Waals surface area contributed by atoms with E-state index in [4.69, 9.17) is 5.11 Å². The molecule has 0 atom stereocenters. The van der Waals surface area contributed by atoms with Gasteiger partial charge in [-0.15, -0.1) is 0 Å². The van der Waals surface area contributed by atoms with E-state index >= 15 is 0 Å². The molecule has 17 heavy (non-hydrogen) atoms. The van der Waals surface area contributed by atoms with Crippen molar-refractivity contribution in [2.45, 2.75) is 12.0 Å². The number of carboxylic acid groups (broad SMARTS) is 1. The number of carbonyl (C=O) groups excluding carboxylic acids is 1. The van der Waals surface area contributed by atoms with Crippen LogP contribution in [0.5, 0.6) is 0 Å². The Morgan fingerprint density at radius 2 is 1.41 bits per heavy atom. The van der Waals surface area contributed by atoms with E-state index in [1.54, 1.807) is 0 Å². The maximum atomic E-state index is 12.5. The highest BCUT2D eigenvalue weighted by atomic mass is 19.3. The van der Waals surface area contributed by atoms with Crippen molar-refractivity contribution in [2.75, 3.05) is 0 Å². The number of halogens is 7. The topological polar surface area (TPSA) is 63.6 Å². The minimum Gasteiger partial charge on any atom is -0.450 e. The number of ketones is 1. The van der Waals surface area contributed by atoms with Gasteiger partial charge in [0, 0.05) is 0 Å². The summed E-state index contributed by atoms with van der Waals surface area (Å²) in [7, 11) is 0. The van der Waals surface area contributed by atoms with Gasteiger partial charge in [0.05, 0.1) is 0 Å². The van der Waals surface area contributed by atoms with Crippen molar-refractivity contribution in [2.24, 2.45) is 0 Å². The highest BCUT2D eigenvalue weighted by molar-refractivity contribution is 5.99. The van der Waals surface area contributed by atoms with E-state index in [9.17, 15) is 40.3 Å². The Labute approximate surface area is 87.3 Å².